The van der Waals surface area contributed by atoms with Gasteiger partial charge in [0.1, 0.15) is 12.4 Å². The zero-order valence-corrected chi connectivity index (χ0v) is 14.9. The second-order valence-corrected chi connectivity index (χ2v) is 8.12. The van der Waals surface area contributed by atoms with Gasteiger partial charge in [0.05, 0.1) is 14.7 Å². The number of ether oxygens (including phenoxy) is 1. The molecule has 0 fully saturated rings. The molecule has 4 nitrogen and oxygen atoms in total. The molecule has 108 valence electrons. The lowest BCUT2D eigenvalue weighted by Crippen LogP contribution is -2.13. The molecule has 0 saturated carbocycles. The zero-order valence-electron chi connectivity index (χ0n) is 10.9. The van der Waals surface area contributed by atoms with E-state index >= 15 is 0 Å². The normalized spacial score (nSPS) is 11.6. The number of halogens is 2. The minimum atomic E-state index is -3.01. The second-order valence-electron chi connectivity index (χ2n) is 4.15. The maximum absolute atomic E-state index is 11.1. The van der Waals surface area contributed by atoms with Crippen LogP contribution in [0.4, 0.5) is 0 Å². The van der Waals surface area contributed by atoms with Gasteiger partial charge in [-0.25, -0.2) is 8.42 Å². The third-order valence-electron chi connectivity index (χ3n) is 2.34. The summed E-state index contributed by atoms with van der Waals surface area (Å²) in [6.07, 6.45) is 1.19. The molecule has 0 bridgehead atoms. The molecule has 0 aromatic heterocycles. The highest BCUT2D eigenvalue weighted by molar-refractivity contribution is 9.11. The molecule has 0 unspecified atom stereocenters. The highest BCUT2D eigenvalue weighted by Crippen LogP contribution is 2.34. The van der Waals surface area contributed by atoms with Gasteiger partial charge >= 0.3 is 0 Å². The van der Waals surface area contributed by atoms with E-state index in [4.69, 9.17) is 4.74 Å². The van der Waals surface area contributed by atoms with E-state index in [1.807, 2.05) is 19.1 Å². The molecule has 0 amide bonds. The van der Waals surface area contributed by atoms with Crippen LogP contribution >= 0.6 is 31.9 Å². The lowest BCUT2D eigenvalue weighted by atomic mass is 10.2. The fourth-order valence-corrected chi connectivity index (χ4v) is 3.31. The van der Waals surface area contributed by atoms with E-state index in [-0.39, 0.29) is 12.4 Å². The summed E-state index contributed by atoms with van der Waals surface area (Å²) >= 11 is 6.88. The van der Waals surface area contributed by atoms with Crippen LogP contribution in [0.2, 0.25) is 0 Å². The van der Waals surface area contributed by atoms with Gasteiger partial charge < -0.3 is 10.1 Å². The first-order valence-corrected chi connectivity index (χ1v) is 9.47. The Labute approximate surface area is 131 Å². The molecule has 0 aliphatic rings. The lowest BCUT2D eigenvalue weighted by molar-refractivity contribution is 0.336. The molecule has 0 saturated heterocycles. The van der Waals surface area contributed by atoms with Crippen molar-refractivity contribution in [1.29, 1.82) is 0 Å². The summed E-state index contributed by atoms with van der Waals surface area (Å²) in [6, 6.07) is 3.92. The summed E-state index contributed by atoms with van der Waals surface area (Å²) < 4.78 is 29.2. The third-order valence-corrected chi connectivity index (χ3v) is 4.42. The molecule has 0 aliphatic heterocycles. The predicted octanol–water partition coefficient (Wildman–Crippen LogP) is 2.74. The maximum Gasteiger partial charge on any atom is 0.150 e. The van der Waals surface area contributed by atoms with Crippen molar-refractivity contribution in [2.45, 2.75) is 13.5 Å². The molecule has 0 atom stereocenters. The Hall–Kier alpha value is -0.110. The first kappa shape index (κ1) is 16.9. The van der Waals surface area contributed by atoms with Crippen LogP contribution in [-0.2, 0) is 16.4 Å². The van der Waals surface area contributed by atoms with Crippen LogP contribution in [0.3, 0.4) is 0 Å². The molecule has 1 aromatic carbocycles. The van der Waals surface area contributed by atoms with Crippen LogP contribution in [0.25, 0.3) is 0 Å². The number of rotatable bonds is 7. The molecule has 7 heteroatoms. The van der Waals surface area contributed by atoms with Crippen molar-refractivity contribution in [3.63, 3.8) is 0 Å². The van der Waals surface area contributed by atoms with Crippen molar-refractivity contribution < 1.29 is 13.2 Å². The van der Waals surface area contributed by atoms with Crippen LogP contribution in [0.15, 0.2) is 21.1 Å². The van der Waals surface area contributed by atoms with Gasteiger partial charge in [-0.3, -0.25) is 0 Å². The fraction of sp³-hybridized carbons (Fsp3) is 0.500. The smallest absolute Gasteiger partial charge is 0.150 e. The first-order chi connectivity index (χ1) is 8.83. The van der Waals surface area contributed by atoms with Crippen LogP contribution in [0.5, 0.6) is 5.75 Å². The summed E-state index contributed by atoms with van der Waals surface area (Å²) in [5.74, 6) is 0.634. The third kappa shape index (κ3) is 6.25. The predicted molar refractivity (Wildman–Crippen MR) is 84.4 cm³/mol. The molecule has 0 aliphatic carbocycles. The highest BCUT2D eigenvalue weighted by Gasteiger charge is 2.10. The topological polar surface area (TPSA) is 55.4 Å². The minimum Gasteiger partial charge on any atom is -0.490 e. The van der Waals surface area contributed by atoms with Crippen LogP contribution in [-0.4, -0.2) is 33.6 Å². The average molecular weight is 415 g/mol. The Morgan fingerprint density at radius 2 is 1.84 bits per heavy atom. The van der Waals surface area contributed by atoms with Crippen LogP contribution in [0.1, 0.15) is 12.5 Å². The standard InChI is InChI=1S/C12H17Br2NO3S/c1-3-15-8-9-6-10(13)12(11(14)7-9)18-4-5-19(2,16)17/h6-7,15H,3-5,8H2,1-2H3. The van der Waals surface area contributed by atoms with Gasteiger partial charge in [0.15, 0.2) is 9.84 Å². The Morgan fingerprint density at radius 1 is 1.26 bits per heavy atom. The van der Waals surface area contributed by atoms with Crippen molar-refractivity contribution in [3.05, 3.63) is 26.6 Å². The maximum atomic E-state index is 11.1. The van der Waals surface area contributed by atoms with Crippen molar-refractivity contribution >= 4 is 41.7 Å². The van der Waals surface area contributed by atoms with Gasteiger partial charge in [0.25, 0.3) is 0 Å². The van der Waals surface area contributed by atoms with Crippen molar-refractivity contribution in [2.75, 3.05) is 25.2 Å². The van der Waals surface area contributed by atoms with Gasteiger partial charge in [-0.2, -0.15) is 0 Å². The zero-order chi connectivity index (χ0) is 14.5. The number of nitrogens with one attached hydrogen (secondary N) is 1. The Bertz CT molecular complexity index is 509. The number of sulfone groups is 1. The quantitative estimate of drug-likeness (QED) is 0.745. The van der Waals surface area contributed by atoms with E-state index in [9.17, 15) is 8.42 Å². The Morgan fingerprint density at radius 3 is 2.32 bits per heavy atom. The van der Waals surface area contributed by atoms with Crippen molar-refractivity contribution in [1.82, 2.24) is 5.32 Å². The highest BCUT2D eigenvalue weighted by atomic mass is 79.9. The minimum absolute atomic E-state index is 0.00498. The molecule has 0 heterocycles. The van der Waals surface area contributed by atoms with E-state index in [1.165, 1.54) is 6.26 Å². The Kier molecular flexibility index (Phi) is 6.79. The van der Waals surface area contributed by atoms with Crippen LogP contribution < -0.4 is 10.1 Å². The Balaban J connectivity index is 2.74. The molecule has 1 aromatic rings. The van der Waals surface area contributed by atoms with Crippen molar-refractivity contribution in [3.8, 4) is 5.75 Å². The van der Waals surface area contributed by atoms with Gasteiger partial charge in [-0.1, -0.05) is 6.92 Å². The monoisotopic (exact) mass is 413 g/mol. The van der Waals surface area contributed by atoms with E-state index < -0.39 is 9.84 Å². The summed E-state index contributed by atoms with van der Waals surface area (Å²) in [5, 5.41) is 3.24. The van der Waals surface area contributed by atoms with Gasteiger partial charge in [0, 0.05) is 12.8 Å². The van der Waals surface area contributed by atoms with Gasteiger partial charge in [-0.15, -0.1) is 0 Å². The van der Waals surface area contributed by atoms with E-state index in [0.717, 1.165) is 27.6 Å². The summed E-state index contributed by atoms with van der Waals surface area (Å²) in [7, 11) is -3.01. The molecule has 1 rings (SSSR count). The van der Waals surface area contributed by atoms with Crippen LogP contribution in [0, 0.1) is 0 Å². The molecule has 0 radical (unpaired) electrons. The SMILES string of the molecule is CCNCc1cc(Br)c(OCCS(C)(=O)=O)c(Br)c1. The second kappa shape index (κ2) is 7.61. The molecular formula is C12H17Br2NO3S. The largest absolute Gasteiger partial charge is 0.490 e. The number of benzene rings is 1. The number of hydrogen-bond acceptors (Lipinski definition) is 4. The number of hydrogen-bond donors (Lipinski definition) is 1. The molecule has 19 heavy (non-hydrogen) atoms. The van der Waals surface area contributed by atoms with Crippen molar-refractivity contribution in [2.24, 2.45) is 0 Å². The lowest BCUT2D eigenvalue weighted by Gasteiger charge is -2.12. The summed E-state index contributed by atoms with van der Waals surface area (Å²) in [6.45, 7) is 3.87. The first-order valence-electron chi connectivity index (χ1n) is 5.82. The van der Waals surface area contributed by atoms with Gasteiger partial charge in [0.2, 0.25) is 0 Å². The fourth-order valence-electron chi connectivity index (χ4n) is 1.42. The molecular weight excluding hydrogens is 398 g/mol. The molecule has 1 N–H and O–H groups in total. The summed E-state index contributed by atoms with van der Waals surface area (Å²) in [5.41, 5.74) is 1.12. The van der Waals surface area contributed by atoms with E-state index in [2.05, 4.69) is 37.2 Å². The van der Waals surface area contributed by atoms with E-state index in [1.54, 1.807) is 0 Å². The summed E-state index contributed by atoms with van der Waals surface area (Å²) in [4.78, 5) is 0. The molecule has 0 spiro atoms. The average Bonchev–Trinajstić information content (AvgIpc) is 2.28. The van der Waals surface area contributed by atoms with E-state index in [0.29, 0.717) is 5.75 Å². The van der Waals surface area contributed by atoms with Gasteiger partial charge in [-0.05, 0) is 56.1 Å².